The molecule has 0 unspecified atom stereocenters. The maximum atomic E-state index is 13.3. The highest BCUT2D eigenvalue weighted by Crippen LogP contribution is 2.31. The summed E-state index contributed by atoms with van der Waals surface area (Å²) in [5.74, 6) is -0.654. The van der Waals surface area contributed by atoms with Crippen molar-refractivity contribution < 1.29 is 14.0 Å². The van der Waals surface area contributed by atoms with Crippen molar-refractivity contribution in [1.29, 1.82) is 0 Å². The number of carbonyl (C=O) groups excluding carboxylic acids is 2. The Morgan fingerprint density at radius 1 is 1.00 bits per heavy atom. The van der Waals surface area contributed by atoms with Gasteiger partial charge in [-0.05, 0) is 54.3 Å². The summed E-state index contributed by atoms with van der Waals surface area (Å²) in [5, 5.41) is 6.42. The molecule has 1 heterocycles. The molecular formula is C22H24FN3O2. The molecule has 6 heteroatoms. The van der Waals surface area contributed by atoms with Crippen LogP contribution in [0.5, 0.6) is 0 Å². The number of aromatic nitrogens is 1. The van der Waals surface area contributed by atoms with E-state index in [0.29, 0.717) is 13.0 Å². The molecule has 0 radical (unpaired) electrons. The lowest BCUT2D eigenvalue weighted by Gasteiger charge is -2.08. The van der Waals surface area contributed by atoms with Gasteiger partial charge in [0.15, 0.2) is 0 Å². The van der Waals surface area contributed by atoms with Gasteiger partial charge < -0.3 is 15.6 Å². The van der Waals surface area contributed by atoms with Gasteiger partial charge in [-0.25, -0.2) is 4.39 Å². The number of para-hydroxylation sites is 1. The molecule has 0 fully saturated rings. The highest BCUT2D eigenvalue weighted by Gasteiger charge is 2.15. The van der Waals surface area contributed by atoms with E-state index in [4.69, 9.17) is 0 Å². The summed E-state index contributed by atoms with van der Waals surface area (Å²) in [5.41, 5.74) is 3.73. The summed E-state index contributed by atoms with van der Waals surface area (Å²) in [6.45, 7) is 2.56. The second kappa shape index (κ2) is 9.17. The molecule has 0 spiro atoms. The van der Waals surface area contributed by atoms with Crippen LogP contribution in [0, 0.1) is 5.82 Å². The maximum Gasteiger partial charge on any atom is 0.239 e. The van der Waals surface area contributed by atoms with Crippen LogP contribution in [-0.4, -0.2) is 29.9 Å². The summed E-state index contributed by atoms with van der Waals surface area (Å²) in [4.78, 5) is 27.2. The summed E-state index contributed by atoms with van der Waals surface area (Å²) in [6.07, 6.45) is 1.63. The first kappa shape index (κ1) is 19.6. The summed E-state index contributed by atoms with van der Waals surface area (Å²) in [7, 11) is 0. The largest absolute Gasteiger partial charge is 0.355 e. The van der Waals surface area contributed by atoms with Gasteiger partial charge in [0, 0.05) is 29.6 Å². The lowest BCUT2D eigenvalue weighted by Crippen LogP contribution is -2.37. The van der Waals surface area contributed by atoms with E-state index < -0.39 is 0 Å². The number of rotatable bonds is 8. The third kappa shape index (κ3) is 4.76. The van der Waals surface area contributed by atoms with Gasteiger partial charge >= 0.3 is 0 Å². The minimum absolute atomic E-state index is 0.0163. The Balaban J connectivity index is 1.73. The van der Waals surface area contributed by atoms with Crippen LogP contribution < -0.4 is 10.6 Å². The Kier molecular flexibility index (Phi) is 6.42. The molecule has 0 aliphatic carbocycles. The molecule has 2 amide bonds. The number of aryl methyl sites for hydroxylation is 1. The number of halogens is 1. The average Bonchev–Trinajstić information content (AvgIpc) is 3.08. The van der Waals surface area contributed by atoms with E-state index in [2.05, 4.69) is 15.6 Å². The van der Waals surface area contributed by atoms with Crippen LogP contribution in [0.2, 0.25) is 0 Å². The highest BCUT2D eigenvalue weighted by molar-refractivity contribution is 5.91. The van der Waals surface area contributed by atoms with Crippen molar-refractivity contribution in [1.82, 2.24) is 15.6 Å². The van der Waals surface area contributed by atoms with Gasteiger partial charge in [-0.2, -0.15) is 0 Å². The predicted octanol–water partition coefficient (Wildman–Crippen LogP) is 3.55. The van der Waals surface area contributed by atoms with E-state index >= 15 is 0 Å². The van der Waals surface area contributed by atoms with Crippen molar-refractivity contribution in [3.8, 4) is 11.3 Å². The number of nitrogens with one attached hydrogen (secondary N) is 3. The number of benzene rings is 2. The number of H-pyrrole nitrogens is 1. The fourth-order valence-electron chi connectivity index (χ4n) is 3.16. The molecule has 3 aromatic rings. The van der Waals surface area contributed by atoms with Gasteiger partial charge in [0.2, 0.25) is 11.8 Å². The molecule has 2 aromatic carbocycles. The Morgan fingerprint density at radius 3 is 2.50 bits per heavy atom. The second-order valence-corrected chi connectivity index (χ2v) is 6.66. The number of hydrogen-bond donors (Lipinski definition) is 3. The molecule has 0 saturated heterocycles. The Morgan fingerprint density at radius 2 is 1.75 bits per heavy atom. The minimum atomic E-state index is -0.290. The molecule has 3 N–H and O–H groups in total. The Hall–Kier alpha value is -3.15. The van der Waals surface area contributed by atoms with Crippen LogP contribution in [-0.2, 0) is 16.0 Å². The zero-order valence-corrected chi connectivity index (χ0v) is 15.8. The zero-order chi connectivity index (χ0) is 19.9. The van der Waals surface area contributed by atoms with E-state index in [0.717, 1.165) is 34.1 Å². The number of hydrogen-bond acceptors (Lipinski definition) is 2. The monoisotopic (exact) mass is 381 g/mol. The number of aromatic amines is 1. The standard InChI is InChI=1S/C22H24FN3O2/c1-2-13-24-21(28)14-25-20(27)12-11-18-17-5-3-4-6-19(17)26-22(18)15-7-9-16(23)10-8-15/h3-10,26H,2,11-14H2,1H3,(H,24,28)(H,25,27). The lowest BCUT2D eigenvalue weighted by atomic mass is 10.0. The third-order valence-corrected chi connectivity index (χ3v) is 4.57. The first-order chi connectivity index (χ1) is 13.6. The molecule has 0 aliphatic rings. The summed E-state index contributed by atoms with van der Waals surface area (Å²) < 4.78 is 13.3. The quantitative estimate of drug-likeness (QED) is 0.558. The summed E-state index contributed by atoms with van der Waals surface area (Å²) >= 11 is 0. The molecule has 1 aromatic heterocycles. The lowest BCUT2D eigenvalue weighted by molar-refractivity contribution is -0.126. The van der Waals surface area contributed by atoms with E-state index in [-0.39, 0.29) is 30.6 Å². The van der Waals surface area contributed by atoms with Crippen molar-refractivity contribution in [2.24, 2.45) is 0 Å². The molecule has 5 nitrogen and oxygen atoms in total. The van der Waals surface area contributed by atoms with Crippen molar-refractivity contribution in [3.05, 3.63) is 59.9 Å². The summed E-state index contributed by atoms with van der Waals surface area (Å²) in [6, 6.07) is 14.2. The van der Waals surface area contributed by atoms with E-state index in [9.17, 15) is 14.0 Å². The van der Waals surface area contributed by atoms with Crippen molar-refractivity contribution >= 4 is 22.7 Å². The minimum Gasteiger partial charge on any atom is -0.355 e. The Bertz CT molecular complexity index is 964. The third-order valence-electron chi connectivity index (χ3n) is 4.57. The van der Waals surface area contributed by atoms with Crippen LogP contribution in [0.25, 0.3) is 22.2 Å². The van der Waals surface area contributed by atoms with Crippen LogP contribution in [0.1, 0.15) is 25.3 Å². The predicted molar refractivity (Wildman–Crippen MR) is 108 cm³/mol. The first-order valence-corrected chi connectivity index (χ1v) is 9.47. The average molecular weight is 381 g/mol. The zero-order valence-electron chi connectivity index (χ0n) is 15.8. The number of carbonyl (C=O) groups is 2. The number of amides is 2. The van der Waals surface area contributed by atoms with Gasteiger partial charge in [-0.1, -0.05) is 25.1 Å². The topological polar surface area (TPSA) is 74.0 Å². The highest BCUT2D eigenvalue weighted by atomic mass is 19.1. The van der Waals surface area contributed by atoms with Crippen molar-refractivity contribution in [3.63, 3.8) is 0 Å². The molecule has 28 heavy (non-hydrogen) atoms. The molecule has 0 saturated carbocycles. The SMILES string of the molecule is CCCNC(=O)CNC(=O)CCc1c(-c2ccc(F)cc2)[nH]c2ccccc12. The van der Waals surface area contributed by atoms with Gasteiger partial charge in [-0.3, -0.25) is 9.59 Å². The van der Waals surface area contributed by atoms with E-state index in [1.165, 1.54) is 12.1 Å². The van der Waals surface area contributed by atoms with Crippen molar-refractivity contribution in [2.45, 2.75) is 26.2 Å². The van der Waals surface area contributed by atoms with Gasteiger partial charge in [0.1, 0.15) is 5.82 Å². The number of fused-ring (bicyclic) bond motifs is 1. The Labute approximate surface area is 163 Å². The molecule has 3 rings (SSSR count). The van der Waals surface area contributed by atoms with Gasteiger partial charge in [0.25, 0.3) is 0 Å². The van der Waals surface area contributed by atoms with Crippen LogP contribution >= 0.6 is 0 Å². The molecule has 0 aliphatic heterocycles. The molecule has 0 atom stereocenters. The smallest absolute Gasteiger partial charge is 0.239 e. The fourth-order valence-corrected chi connectivity index (χ4v) is 3.16. The first-order valence-electron chi connectivity index (χ1n) is 9.47. The van der Waals surface area contributed by atoms with Gasteiger partial charge in [0.05, 0.1) is 6.54 Å². The normalized spacial score (nSPS) is 10.8. The van der Waals surface area contributed by atoms with E-state index in [1.54, 1.807) is 12.1 Å². The fraction of sp³-hybridized carbons (Fsp3) is 0.273. The van der Waals surface area contributed by atoms with Crippen LogP contribution in [0.3, 0.4) is 0 Å². The van der Waals surface area contributed by atoms with Gasteiger partial charge in [-0.15, -0.1) is 0 Å². The maximum absolute atomic E-state index is 13.3. The second-order valence-electron chi connectivity index (χ2n) is 6.66. The van der Waals surface area contributed by atoms with Crippen LogP contribution in [0.4, 0.5) is 4.39 Å². The van der Waals surface area contributed by atoms with Crippen molar-refractivity contribution in [2.75, 3.05) is 13.1 Å². The van der Waals surface area contributed by atoms with E-state index in [1.807, 2.05) is 31.2 Å². The molecular weight excluding hydrogens is 357 g/mol. The van der Waals surface area contributed by atoms with Crippen LogP contribution in [0.15, 0.2) is 48.5 Å². The molecule has 146 valence electrons. The molecule has 0 bridgehead atoms.